The van der Waals surface area contributed by atoms with Crippen molar-refractivity contribution in [2.24, 2.45) is 11.7 Å². The maximum atomic E-state index is 12.2. The predicted molar refractivity (Wildman–Crippen MR) is 72.7 cm³/mol. The molecule has 110 valence electrons. The van der Waals surface area contributed by atoms with Gasteiger partial charge in [-0.25, -0.2) is 0 Å². The number of likely N-dealkylation sites (tertiary alicyclic amines) is 1. The SMILES string of the molecule is CC1CCN(C(=O)COC2CCOCC2)C(CN)C1. The van der Waals surface area contributed by atoms with Gasteiger partial charge in [0.05, 0.1) is 6.10 Å². The highest BCUT2D eigenvalue weighted by Gasteiger charge is 2.29. The molecule has 0 bridgehead atoms. The summed E-state index contributed by atoms with van der Waals surface area (Å²) in [6, 6.07) is 0.189. The molecule has 0 aromatic heterocycles. The quantitative estimate of drug-likeness (QED) is 0.819. The van der Waals surface area contributed by atoms with Crippen LogP contribution in [-0.4, -0.2) is 55.9 Å². The van der Waals surface area contributed by atoms with E-state index in [2.05, 4.69) is 6.92 Å². The molecule has 5 nitrogen and oxygen atoms in total. The normalized spacial score (nSPS) is 29.5. The number of hydrogen-bond donors (Lipinski definition) is 1. The first kappa shape index (κ1) is 14.8. The Morgan fingerprint density at radius 2 is 2.11 bits per heavy atom. The molecule has 5 heteroatoms. The van der Waals surface area contributed by atoms with Crippen LogP contribution < -0.4 is 5.73 Å². The highest BCUT2D eigenvalue weighted by molar-refractivity contribution is 5.78. The highest BCUT2D eigenvalue weighted by atomic mass is 16.5. The molecular weight excluding hydrogens is 244 g/mol. The molecule has 2 heterocycles. The van der Waals surface area contributed by atoms with Gasteiger partial charge in [-0.2, -0.15) is 0 Å². The number of amides is 1. The molecule has 2 aliphatic heterocycles. The molecule has 0 saturated carbocycles. The van der Waals surface area contributed by atoms with E-state index < -0.39 is 0 Å². The van der Waals surface area contributed by atoms with Crippen molar-refractivity contribution in [2.75, 3.05) is 32.9 Å². The molecule has 2 fully saturated rings. The molecule has 2 atom stereocenters. The van der Waals surface area contributed by atoms with Crippen molar-refractivity contribution >= 4 is 5.91 Å². The maximum absolute atomic E-state index is 12.2. The first-order chi connectivity index (χ1) is 9.20. The van der Waals surface area contributed by atoms with E-state index in [0.717, 1.165) is 45.4 Å². The van der Waals surface area contributed by atoms with Crippen molar-refractivity contribution in [3.05, 3.63) is 0 Å². The van der Waals surface area contributed by atoms with Crippen LogP contribution in [-0.2, 0) is 14.3 Å². The molecule has 2 N–H and O–H groups in total. The van der Waals surface area contributed by atoms with E-state index in [-0.39, 0.29) is 24.7 Å². The van der Waals surface area contributed by atoms with Crippen LogP contribution in [0.25, 0.3) is 0 Å². The van der Waals surface area contributed by atoms with E-state index in [1.54, 1.807) is 0 Å². The van der Waals surface area contributed by atoms with E-state index in [1.807, 2.05) is 4.90 Å². The number of nitrogens with zero attached hydrogens (tertiary/aromatic N) is 1. The first-order valence-corrected chi connectivity index (χ1v) is 7.39. The maximum Gasteiger partial charge on any atom is 0.248 e. The molecule has 1 amide bonds. The fraction of sp³-hybridized carbons (Fsp3) is 0.929. The number of carbonyl (C=O) groups is 1. The lowest BCUT2D eigenvalue weighted by Crippen LogP contribution is -2.50. The molecule has 2 aliphatic rings. The average Bonchev–Trinajstić information content (AvgIpc) is 2.45. The van der Waals surface area contributed by atoms with Crippen molar-refractivity contribution in [3.63, 3.8) is 0 Å². The van der Waals surface area contributed by atoms with Gasteiger partial charge in [-0.3, -0.25) is 4.79 Å². The fourth-order valence-corrected chi connectivity index (χ4v) is 2.92. The van der Waals surface area contributed by atoms with Crippen LogP contribution in [0.3, 0.4) is 0 Å². The summed E-state index contributed by atoms with van der Waals surface area (Å²) in [5.41, 5.74) is 5.78. The van der Waals surface area contributed by atoms with Gasteiger partial charge < -0.3 is 20.1 Å². The molecule has 0 aliphatic carbocycles. The molecule has 2 unspecified atom stereocenters. The third kappa shape index (κ3) is 4.16. The van der Waals surface area contributed by atoms with Gasteiger partial charge >= 0.3 is 0 Å². The summed E-state index contributed by atoms with van der Waals surface area (Å²) in [4.78, 5) is 14.1. The van der Waals surface area contributed by atoms with Crippen molar-refractivity contribution in [2.45, 2.75) is 44.8 Å². The Labute approximate surface area is 115 Å². The van der Waals surface area contributed by atoms with Gasteiger partial charge in [0.2, 0.25) is 5.91 Å². The van der Waals surface area contributed by atoms with Gasteiger partial charge in [-0.15, -0.1) is 0 Å². The predicted octanol–water partition coefficient (Wildman–Crippen LogP) is 0.768. The smallest absolute Gasteiger partial charge is 0.248 e. The molecule has 2 saturated heterocycles. The minimum atomic E-state index is 0.0915. The Kier molecular flexibility index (Phi) is 5.60. The van der Waals surface area contributed by atoms with Crippen molar-refractivity contribution in [1.29, 1.82) is 0 Å². The molecule has 0 spiro atoms. The van der Waals surface area contributed by atoms with E-state index in [4.69, 9.17) is 15.2 Å². The zero-order chi connectivity index (χ0) is 13.7. The molecular formula is C14H26N2O3. The topological polar surface area (TPSA) is 64.8 Å². The summed E-state index contributed by atoms with van der Waals surface area (Å²) in [6.07, 6.45) is 4.05. The van der Waals surface area contributed by atoms with Crippen LogP contribution in [0.2, 0.25) is 0 Å². The monoisotopic (exact) mass is 270 g/mol. The van der Waals surface area contributed by atoms with Gasteiger partial charge in [-0.05, 0) is 31.6 Å². The minimum absolute atomic E-state index is 0.0915. The highest BCUT2D eigenvalue weighted by Crippen LogP contribution is 2.22. The number of ether oxygens (including phenoxy) is 2. The van der Waals surface area contributed by atoms with Gasteiger partial charge in [0.25, 0.3) is 0 Å². The lowest BCUT2D eigenvalue weighted by Gasteiger charge is -2.38. The lowest BCUT2D eigenvalue weighted by atomic mass is 9.92. The van der Waals surface area contributed by atoms with Crippen LogP contribution in [0, 0.1) is 5.92 Å². The molecule has 0 radical (unpaired) electrons. The zero-order valence-corrected chi connectivity index (χ0v) is 11.8. The third-order valence-electron chi connectivity index (χ3n) is 4.18. The summed E-state index contributed by atoms with van der Waals surface area (Å²) >= 11 is 0. The van der Waals surface area contributed by atoms with Crippen LogP contribution >= 0.6 is 0 Å². The average molecular weight is 270 g/mol. The van der Waals surface area contributed by atoms with Crippen LogP contribution in [0.5, 0.6) is 0 Å². The number of nitrogens with two attached hydrogens (primary N) is 1. The fourth-order valence-electron chi connectivity index (χ4n) is 2.92. The third-order valence-corrected chi connectivity index (χ3v) is 4.18. The summed E-state index contributed by atoms with van der Waals surface area (Å²) in [7, 11) is 0. The van der Waals surface area contributed by atoms with E-state index in [1.165, 1.54) is 0 Å². The second-order valence-electron chi connectivity index (χ2n) is 5.73. The molecule has 0 aromatic rings. The zero-order valence-electron chi connectivity index (χ0n) is 11.8. The summed E-state index contributed by atoms with van der Waals surface area (Å²) < 4.78 is 11.0. The van der Waals surface area contributed by atoms with E-state index in [9.17, 15) is 4.79 Å². The number of rotatable bonds is 4. The Hall–Kier alpha value is -0.650. The first-order valence-electron chi connectivity index (χ1n) is 7.39. The van der Waals surface area contributed by atoms with Crippen molar-refractivity contribution < 1.29 is 14.3 Å². The number of carbonyl (C=O) groups excluding carboxylic acids is 1. The van der Waals surface area contributed by atoms with E-state index >= 15 is 0 Å². The standard InChI is InChI=1S/C14H26N2O3/c1-11-2-5-16(12(8-11)9-15)14(17)10-19-13-3-6-18-7-4-13/h11-13H,2-10,15H2,1H3. The number of hydrogen-bond acceptors (Lipinski definition) is 4. The second-order valence-corrected chi connectivity index (χ2v) is 5.73. The van der Waals surface area contributed by atoms with Crippen LogP contribution in [0.4, 0.5) is 0 Å². The summed E-state index contributed by atoms with van der Waals surface area (Å²) in [5.74, 6) is 0.753. The van der Waals surface area contributed by atoms with Crippen molar-refractivity contribution in [3.8, 4) is 0 Å². The molecule has 0 aromatic carbocycles. The Morgan fingerprint density at radius 3 is 2.79 bits per heavy atom. The van der Waals surface area contributed by atoms with Gasteiger partial charge in [-0.1, -0.05) is 6.92 Å². The van der Waals surface area contributed by atoms with Crippen LogP contribution in [0.15, 0.2) is 0 Å². The van der Waals surface area contributed by atoms with Gasteiger partial charge in [0.15, 0.2) is 0 Å². The van der Waals surface area contributed by atoms with E-state index in [0.29, 0.717) is 12.5 Å². The van der Waals surface area contributed by atoms with Crippen molar-refractivity contribution in [1.82, 2.24) is 4.90 Å². The Morgan fingerprint density at radius 1 is 1.37 bits per heavy atom. The second kappa shape index (κ2) is 7.22. The lowest BCUT2D eigenvalue weighted by molar-refractivity contribution is -0.144. The Balaban J connectivity index is 1.77. The Bertz CT molecular complexity index is 292. The van der Waals surface area contributed by atoms with Gasteiger partial charge in [0, 0.05) is 32.3 Å². The molecule has 19 heavy (non-hydrogen) atoms. The summed E-state index contributed by atoms with van der Waals surface area (Å²) in [5, 5.41) is 0. The molecule has 2 rings (SSSR count). The largest absolute Gasteiger partial charge is 0.381 e. The minimum Gasteiger partial charge on any atom is -0.381 e. The van der Waals surface area contributed by atoms with Crippen LogP contribution in [0.1, 0.15) is 32.6 Å². The van der Waals surface area contributed by atoms with Gasteiger partial charge in [0.1, 0.15) is 6.61 Å². The summed E-state index contributed by atoms with van der Waals surface area (Å²) in [6.45, 7) is 5.27. The number of piperidine rings is 1.